The third kappa shape index (κ3) is 6.35. The van der Waals surface area contributed by atoms with E-state index in [2.05, 4.69) is 5.32 Å². The van der Waals surface area contributed by atoms with E-state index in [1.807, 2.05) is 0 Å². The number of benzene rings is 1. The lowest BCUT2D eigenvalue weighted by molar-refractivity contribution is -0.386. The highest BCUT2D eigenvalue weighted by molar-refractivity contribution is 5.85. The SMILES string of the molecule is Cl.Cl.O=[N+]([O-])c1cc([C@H](CCC(F)(F)F)N2CCNCC2)cc(O)c1O. The van der Waals surface area contributed by atoms with E-state index >= 15 is 0 Å². The first-order chi connectivity index (χ1) is 11.2. The van der Waals surface area contributed by atoms with E-state index < -0.39 is 40.7 Å². The van der Waals surface area contributed by atoms with Crippen LogP contribution < -0.4 is 5.32 Å². The van der Waals surface area contributed by atoms with Crippen LogP contribution in [0.4, 0.5) is 18.9 Å². The number of nitro groups is 1. The quantitative estimate of drug-likeness (QED) is 0.383. The van der Waals surface area contributed by atoms with Gasteiger partial charge in [0.25, 0.3) is 0 Å². The fourth-order valence-electron chi connectivity index (χ4n) is 2.81. The molecule has 0 aromatic heterocycles. The van der Waals surface area contributed by atoms with Crippen LogP contribution in [-0.2, 0) is 0 Å². The molecule has 3 N–H and O–H groups in total. The molecular weight excluding hydrogens is 402 g/mol. The Kier molecular flexibility index (Phi) is 9.43. The van der Waals surface area contributed by atoms with Crippen molar-refractivity contribution in [2.24, 2.45) is 0 Å². The number of phenolic OH excluding ortho intramolecular Hbond substituents is 2. The van der Waals surface area contributed by atoms with Gasteiger partial charge >= 0.3 is 11.9 Å². The fourth-order valence-corrected chi connectivity index (χ4v) is 2.81. The minimum absolute atomic E-state index is 0. The van der Waals surface area contributed by atoms with E-state index in [0.29, 0.717) is 26.2 Å². The van der Waals surface area contributed by atoms with Gasteiger partial charge in [0.15, 0.2) is 5.75 Å². The number of halogens is 5. The minimum Gasteiger partial charge on any atom is -0.504 e. The Morgan fingerprint density at radius 2 is 1.81 bits per heavy atom. The maximum absolute atomic E-state index is 12.6. The molecule has 1 fully saturated rings. The number of phenols is 2. The minimum atomic E-state index is -4.35. The van der Waals surface area contributed by atoms with E-state index in [1.54, 1.807) is 4.90 Å². The molecule has 150 valence electrons. The Hall–Kier alpha value is -1.49. The second-order valence-corrected chi connectivity index (χ2v) is 5.62. The highest BCUT2D eigenvalue weighted by Crippen LogP contribution is 2.40. The summed E-state index contributed by atoms with van der Waals surface area (Å²) in [5, 5.41) is 33.3. The predicted octanol–water partition coefficient (Wildman–Crippen LogP) is 3.14. The van der Waals surface area contributed by atoms with Gasteiger partial charge in [-0.25, -0.2) is 0 Å². The lowest BCUT2D eigenvalue weighted by Gasteiger charge is -2.35. The van der Waals surface area contributed by atoms with E-state index in [1.165, 1.54) is 0 Å². The van der Waals surface area contributed by atoms with Gasteiger partial charge in [-0.1, -0.05) is 0 Å². The summed E-state index contributed by atoms with van der Waals surface area (Å²) in [6.07, 6.45) is -5.68. The Morgan fingerprint density at radius 1 is 1.23 bits per heavy atom. The molecule has 0 radical (unpaired) electrons. The van der Waals surface area contributed by atoms with Crippen molar-refractivity contribution in [3.63, 3.8) is 0 Å². The Morgan fingerprint density at radius 3 is 2.31 bits per heavy atom. The van der Waals surface area contributed by atoms with Crippen LogP contribution in [0.3, 0.4) is 0 Å². The van der Waals surface area contributed by atoms with E-state index in [4.69, 9.17) is 0 Å². The highest BCUT2D eigenvalue weighted by atomic mass is 35.5. The second kappa shape index (κ2) is 10.0. The summed E-state index contributed by atoms with van der Waals surface area (Å²) in [7, 11) is 0. The van der Waals surface area contributed by atoms with Gasteiger partial charge in [0.2, 0.25) is 5.75 Å². The molecule has 1 atom stereocenters. The highest BCUT2D eigenvalue weighted by Gasteiger charge is 2.32. The summed E-state index contributed by atoms with van der Waals surface area (Å²) in [6, 6.07) is 1.38. The largest absolute Gasteiger partial charge is 0.504 e. The lowest BCUT2D eigenvalue weighted by Crippen LogP contribution is -2.45. The molecule has 7 nitrogen and oxygen atoms in total. The van der Waals surface area contributed by atoms with Crippen molar-refractivity contribution in [3.05, 3.63) is 27.8 Å². The van der Waals surface area contributed by atoms with Crippen LogP contribution in [0.2, 0.25) is 0 Å². The van der Waals surface area contributed by atoms with Crippen molar-refractivity contribution in [2.45, 2.75) is 25.1 Å². The summed E-state index contributed by atoms with van der Waals surface area (Å²) < 4.78 is 37.9. The molecule has 1 heterocycles. The van der Waals surface area contributed by atoms with Crippen LogP contribution in [0.5, 0.6) is 11.5 Å². The van der Waals surface area contributed by atoms with Crippen molar-refractivity contribution in [1.82, 2.24) is 10.2 Å². The smallest absolute Gasteiger partial charge is 0.389 e. The van der Waals surface area contributed by atoms with Crippen molar-refractivity contribution in [1.29, 1.82) is 0 Å². The number of nitro benzene ring substituents is 1. The molecule has 1 aliphatic rings. The maximum Gasteiger partial charge on any atom is 0.389 e. The zero-order valence-electron chi connectivity index (χ0n) is 13.5. The standard InChI is InChI=1S/C14H18F3N3O4.2ClH/c15-14(16,17)2-1-10(19-5-3-18-4-6-19)9-7-11(20(23)24)13(22)12(21)8-9;;/h7-8,10,18,21-22H,1-6H2;2*1H/t10-;;/m0../s1. The van der Waals surface area contributed by atoms with Crippen molar-refractivity contribution >= 4 is 30.5 Å². The van der Waals surface area contributed by atoms with E-state index in [-0.39, 0.29) is 36.8 Å². The summed E-state index contributed by atoms with van der Waals surface area (Å²) in [5.41, 5.74) is -0.541. The van der Waals surface area contributed by atoms with Crippen LogP contribution in [0.15, 0.2) is 12.1 Å². The van der Waals surface area contributed by atoms with Crippen molar-refractivity contribution < 1.29 is 28.3 Å². The Labute approximate surface area is 160 Å². The maximum atomic E-state index is 12.6. The van der Waals surface area contributed by atoms with Crippen LogP contribution in [-0.4, -0.2) is 52.4 Å². The number of nitrogens with zero attached hydrogens (tertiary/aromatic N) is 2. The second-order valence-electron chi connectivity index (χ2n) is 5.62. The van der Waals surface area contributed by atoms with Gasteiger partial charge in [0.1, 0.15) is 0 Å². The van der Waals surface area contributed by atoms with E-state index in [9.17, 15) is 33.5 Å². The number of alkyl halides is 3. The third-order valence-electron chi connectivity index (χ3n) is 3.97. The lowest BCUT2D eigenvalue weighted by atomic mass is 9.98. The molecule has 0 saturated carbocycles. The summed E-state index contributed by atoms with van der Waals surface area (Å²) in [6.45, 7) is 2.15. The molecule has 1 saturated heterocycles. The van der Waals surface area contributed by atoms with Gasteiger partial charge in [-0.2, -0.15) is 13.2 Å². The Bertz CT molecular complexity index is 614. The van der Waals surface area contributed by atoms with Crippen LogP contribution in [0.1, 0.15) is 24.4 Å². The fraction of sp³-hybridized carbons (Fsp3) is 0.571. The first kappa shape index (κ1) is 24.5. The number of piperazine rings is 1. The van der Waals surface area contributed by atoms with Gasteiger partial charge in [0, 0.05) is 44.7 Å². The molecule has 1 aromatic rings. The van der Waals surface area contributed by atoms with Gasteiger partial charge < -0.3 is 15.5 Å². The molecule has 2 rings (SSSR count). The third-order valence-corrected chi connectivity index (χ3v) is 3.97. The molecule has 0 aliphatic carbocycles. The number of rotatable bonds is 5. The molecule has 0 amide bonds. The van der Waals surface area contributed by atoms with Gasteiger partial charge in [-0.15, -0.1) is 24.8 Å². The van der Waals surface area contributed by atoms with Crippen molar-refractivity contribution in [3.8, 4) is 11.5 Å². The van der Waals surface area contributed by atoms with Crippen LogP contribution >= 0.6 is 24.8 Å². The molecule has 12 heteroatoms. The summed E-state index contributed by atoms with van der Waals surface area (Å²) in [4.78, 5) is 11.9. The summed E-state index contributed by atoms with van der Waals surface area (Å²) >= 11 is 0. The first-order valence-electron chi connectivity index (χ1n) is 7.41. The topological polar surface area (TPSA) is 98.9 Å². The molecule has 0 unspecified atom stereocenters. The van der Waals surface area contributed by atoms with E-state index in [0.717, 1.165) is 12.1 Å². The zero-order valence-corrected chi connectivity index (χ0v) is 15.2. The number of hydrogen-bond acceptors (Lipinski definition) is 6. The normalized spacial score (nSPS) is 16.3. The average Bonchev–Trinajstić information content (AvgIpc) is 2.50. The number of nitrogens with one attached hydrogen (secondary N) is 1. The molecule has 0 bridgehead atoms. The summed E-state index contributed by atoms with van der Waals surface area (Å²) in [5.74, 6) is -1.61. The zero-order chi connectivity index (χ0) is 17.9. The molecular formula is C14H20Cl2F3N3O4. The average molecular weight is 422 g/mol. The molecule has 0 spiro atoms. The molecule has 26 heavy (non-hydrogen) atoms. The molecule has 1 aliphatic heterocycles. The van der Waals surface area contributed by atoms with Crippen LogP contribution in [0.25, 0.3) is 0 Å². The van der Waals surface area contributed by atoms with Crippen molar-refractivity contribution in [2.75, 3.05) is 26.2 Å². The molecule has 1 aromatic carbocycles. The first-order valence-corrected chi connectivity index (χ1v) is 7.41. The predicted molar refractivity (Wildman–Crippen MR) is 93.4 cm³/mol. The van der Waals surface area contributed by atoms with Crippen LogP contribution in [0, 0.1) is 10.1 Å². The number of hydrogen-bond donors (Lipinski definition) is 3. The monoisotopic (exact) mass is 421 g/mol. The van der Waals surface area contributed by atoms with Gasteiger partial charge in [-0.3, -0.25) is 15.0 Å². The Balaban J connectivity index is 0.00000312. The van der Waals surface area contributed by atoms with Gasteiger partial charge in [0.05, 0.1) is 4.92 Å². The van der Waals surface area contributed by atoms with Gasteiger partial charge in [-0.05, 0) is 18.1 Å². The number of aromatic hydroxyl groups is 2.